The molecule has 0 aromatic heterocycles. The highest BCUT2D eigenvalue weighted by molar-refractivity contribution is 7.95. The van der Waals surface area contributed by atoms with Gasteiger partial charge in [0.1, 0.15) is 0 Å². The Morgan fingerprint density at radius 3 is 2.14 bits per heavy atom. The van der Waals surface area contributed by atoms with Crippen LogP contribution in [0.15, 0.2) is 60.0 Å². The molecular weight excluding hydrogens is 378 g/mol. The molecule has 2 aromatic carbocycles. The normalized spacial score (nSPS) is 11.2. The number of likely N-dealkylation sites (N-methyl/N-ethyl adjacent to an activating group) is 2. The lowest BCUT2D eigenvalue weighted by atomic mass is 10.2. The quantitative estimate of drug-likeness (QED) is 0.771. The predicted molar refractivity (Wildman–Crippen MR) is 110 cm³/mol. The number of benzene rings is 2. The second-order valence-electron chi connectivity index (χ2n) is 6.39. The Morgan fingerprint density at radius 2 is 1.57 bits per heavy atom. The average molecular weight is 401 g/mol. The van der Waals surface area contributed by atoms with Gasteiger partial charge in [0.2, 0.25) is 5.91 Å². The van der Waals surface area contributed by atoms with Crippen LogP contribution in [0.4, 0.5) is 5.69 Å². The third-order valence-electron chi connectivity index (χ3n) is 3.85. The minimum Gasteiger partial charge on any atom is -0.347 e. The molecule has 2 rings (SSSR count). The van der Waals surface area contributed by atoms with E-state index in [0.717, 1.165) is 11.0 Å². The molecule has 0 saturated carbocycles. The minimum absolute atomic E-state index is 0.0372. The number of nitrogens with one attached hydrogen (secondary N) is 1. The molecule has 0 aliphatic heterocycles. The summed E-state index contributed by atoms with van der Waals surface area (Å²) >= 11 is 0. The molecule has 2 aromatic rings. The number of anilines is 1. The molecule has 0 saturated heterocycles. The van der Waals surface area contributed by atoms with Gasteiger partial charge in [0, 0.05) is 32.4 Å². The molecule has 0 aliphatic rings. The van der Waals surface area contributed by atoms with Gasteiger partial charge in [0.05, 0.1) is 12.0 Å². The van der Waals surface area contributed by atoms with Gasteiger partial charge in [-0.15, -0.1) is 0 Å². The van der Waals surface area contributed by atoms with Crippen LogP contribution < -0.4 is 4.72 Å². The monoisotopic (exact) mass is 401 g/mol. The van der Waals surface area contributed by atoms with E-state index >= 15 is 0 Å². The summed E-state index contributed by atoms with van der Waals surface area (Å²) < 4.78 is 26.8. The van der Waals surface area contributed by atoms with E-state index in [1.165, 1.54) is 47.2 Å². The number of sulfonamides is 1. The highest BCUT2D eigenvalue weighted by Crippen LogP contribution is 2.14. The van der Waals surface area contributed by atoms with Crippen LogP contribution in [0.5, 0.6) is 0 Å². The Labute approximate surface area is 165 Å². The van der Waals surface area contributed by atoms with Crippen molar-refractivity contribution in [2.24, 2.45) is 0 Å². The van der Waals surface area contributed by atoms with Gasteiger partial charge in [-0.1, -0.05) is 30.3 Å². The molecule has 0 heterocycles. The van der Waals surface area contributed by atoms with Crippen molar-refractivity contribution in [2.45, 2.75) is 0 Å². The molecule has 0 radical (unpaired) electrons. The summed E-state index contributed by atoms with van der Waals surface area (Å²) in [4.78, 5) is 26.8. The highest BCUT2D eigenvalue weighted by Gasteiger charge is 2.16. The van der Waals surface area contributed by atoms with Crippen LogP contribution in [0.1, 0.15) is 15.9 Å². The van der Waals surface area contributed by atoms with Crippen molar-refractivity contribution in [3.63, 3.8) is 0 Å². The number of hydrogen-bond donors (Lipinski definition) is 1. The Morgan fingerprint density at radius 1 is 0.964 bits per heavy atom. The van der Waals surface area contributed by atoms with Gasteiger partial charge in [-0.25, -0.2) is 8.42 Å². The zero-order valence-corrected chi connectivity index (χ0v) is 16.8. The first-order valence-corrected chi connectivity index (χ1v) is 10.0. The molecule has 0 fully saturated rings. The van der Waals surface area contributed by atoms with Crippen LogP contribution in [0.25, 0.3) is 6.08 Å². The van der Waals surface area contributed by atoms with Gasteiger partial charge < -0.3 is 9.80 Å². The van der Waals surface area contributed by atoms with Crippen molar-refractivity contribution in [1.29, 1.82) is 0 Å². The lowest BCUT2D eigenvalue weighted by Crippen LogP contribution is -2.37. The molecule has 148 valence electrons. The van der Waals surface area contributed by atoms with Crippen LogP contribution in [0.2, 0.25) is 0 Å². The van der Waals surface area contributed by atoms with Crippen LogP contribution in [-0.2, 0) is 14.8 Å². The van der Waals surface area contributed by atoms with E-state index in [4.69, 9.17) is 0 Å². The second kappa shape index (κ2) is 9.18. The van der Waals surface area contributed by atoms with Crippen molar-refractivity contribution >= 4 is 33.6 Å². The van der Waals surface area contributed by atoms with E-state index in [1.54, 1.807) is 26.2 Å². The van der Waals surface area contributed by atoms with E-state index < -0.39 is 10.0 Å². The van der Waals surface area contributed by atoms with Gasteiger partial charge in [0.15, 0.2) is 0 Å². The maximum atomic E-state index is 12.4. The van der Waals surface area contributed by atoms with E-state index in [2.05, 4.69) is 4.72 Å². The molecule has 7 nitrogen and oxygen atoms in total. The van der Waals surface area contributed by atoms with Gasteiger partial charge >= 0.3 is 0 Å². The summed E-state index contributed by atoms with van der Waals surface area (Å²) in [6.45, 7) is -0.0372. The third-order valence-corrected chi connectivity index (χ3v) is 4.86. The first-order valence-electron chi connectivity index (χ1n) is 8.49. The van der Waals surface area contributed by atoms with Crippen molar-refractivity contribution in [3.05, 3.63) is 71.1 Å². The molecule has 8 heteroatoms. The molecule has 28 heavy (non-hydrogen) atoms. The Kier molecular flexibility index (Phi) is 6.94. The maximum absolute atomic E-state index is 12.4. The fraction of sp³-hybridized carbons (Fsp3) is 0.200. The zero-order chi connectivity index (χ0) is 20.7. The molecule has 2 amide bonds. The van der Waals surface area contributed by atoms with Crippen LogP contribution in [-0.4, -0.2) is 57.7 Å². The van der Waals surface area contributed by atoms with E-state index in [1.807, 2.05) is 18.2 Å². The lowest BCUT2D eigenvalue weighted by Gasteiger charge is -2.19. The van der Waals surface area contributed by atoms with Gasteiger partial charge in [-0.3, -0.25) is 14.3 Å². The van der Waals surface area contributed by atoms with E-state index in [9.17, 15) is 18.0 Å². The highest BCUT2D eigenvalue weighted by atomic mass is 32.2. The molecule has 0 bridgehead atoms. The maximum Gasteiger partial charge on any atom is 0.255 e. The summed E-state index contributed by atoms with van der Waals surface area (Å²) in [7, 11) is 1.09. The smallest absolute Gasteiger partial charge is 0.255 e. The predicted octanol–water partition coefficient (Wildman–Crippen LogP) is 2.26. The first-order chi connectivity index (χ1) is 13.2. The van der Waals surface area contributed by atoms with E-state index in [0.29, 0.717) is 11.3 Å². The second-order valence-corrected chi connectivity index (χ2v) is 7.95. The summed E-state index contributed by atoms with van der Waals surface area (Å²) in [6.07, 6.45) is 1.50. The standard InChI is InChI=1S/C20H23N3O4S/c1-22(2)19(24)15-23(3)20(25)17-9-11-18(12-10-17)21-28(26,27)14-13-16-7-5-4-6-8-16/h4-14,21H,15H2,1-3H3/b14-13+. The molecule has 0 aliphatic carbocycles. The van der Waals surface area contributed by atoms with E-state index in [-0.39, 0.29) is 18.4 Å². The lowest BCUT2D eigenvalue weighted by molar-refractivity contribution is -0.129. The number of nitrogens with zero attached hydrogens (tertiary/aromatic N) is 2. The van der Waals surface area contributed by atoms with Crippen molar-refractivity contribution in [3.8, 4) is 0 Å². The Hall–Kier alpha value is -3.13. The summed E-state index contributed by atoms with van der Waals surface area (Å²) in [6, 6.07) is 15.1. The number of carbonyl (C=O) groups is 2. The molecule has 0 unspecified atom stereocenters. The molecule has 0 spiro atoms. The third kappa shape index (κ3) is 6.24. The molecule has 1 N–H and O–H groups in total. The van der Waals surface area contributed by atoms with Crippen molar-refractivity contribution in [2.75, 3.05) is 32.4 Å². The first kappa shape index (κ1) is 21.2. The van der Waals surface area contributed by atoms with Crippen LogP contribution >= 0.6 is 0 Å². The SMILES string of the molecule is CN(C)C(=O)CN(C)C(=O)c1ccc(NS(=O)(=O)/C=C/c2ccccc2)cc1. The van der Waals surface area contributed by atoms with Crippen LogP contribution in [0, 0.1) is 0 Å². The summed E-state index contributed by atoms with van der Waals surface area (Å²) in [5, 5.41) is 1.09. The Balaban J connectivity index is 2.02. The molecule has 0 atom stereocenters. The number of hydrogen-bond acceptors (Lipinski definition) is 4. The van der Waals surface area contributed by atoms with Gasteiger partial charge in [-0.2, -0.15) is 0 Å². The number of rotatable bonds is 7. The largest absolute Gasteiger partial charge is 0.347 e. The topological polar surface area (TPSA) is 86.8 Å². The van der Waals surface area contributed by atoms with Crippen molar-refractivity contribution in [1.82, 2.24) is 9.80 Å². The minimum atomic E-state index is -3.68. The zero-order valence-electron chi connectivity index (χ0n) is 16.0. The fourth-order valence-electron chi connectivity index (χ4n) is 2.25. The van der Waals surface area contributed by atoms with Gasteiger partial charge in [-0.05, 0) is 35.9 Å². The summed E-state index contributed by atoms with van der Waals surface area (Å²) in [5.74, 6) is -0.515. The molecular formula is C20H23N3O4S. The van der Waals surface area contributed by atoms with Crippen molar-refractivity contribution < 1.29 is 18.0 Å². The average Bonchev–Trinajstić information content (AvgIpc) is 2.67. The number of amides is 2. The Bertz CT molecular complexity index is 953. The van der Waals surface area contributed by atoms with Crippen LogP contribution in [0.3, 0.4) is 0 Å². The number of carbonyl (C=O) groups excluding carboxylic acids is 2. The van der Waals surface area contributed by atoms with Gasteiger partial charge in [0.25, 0.3) is 15.9 Å². The fourth-order valence-corrected chi connectivity index (χ4v) is 3.12. The summed E-state index contributed by atoms with van der Waals surface area (Å²) in [5.41, 5.74) is 1.46.